The second-order valence-electron chi connectivity index (χ2n) is 2.98. The number of hydrogen-bond acceptors (Lipinski definition) is 3. The predicted molar refractivity (Wildman–Crippen MR) is 58.1 cm³/mol. The van der Waals surface area contributed by atoms with Crippen molar-refractivity contribution in [1.29, 1.82) is 0 Å². The molecule has 0 aromatic heterocycles. The second-order valence-corrected chi connectivity index (χ2v) is 5.29. The minimum absolute atomic E-state index is 0.442. The standard InChI is InChI=1S/C8H14Br2O3/c1-3-4-6(11)13-7(12)8(2,10)5-9/h6,11H,3-5H2,1-2H3. The van der Waals surface area contributed by atoms with Crippen molar-refractivity contribution < 1.29 is 14.6 Å². The topological polar surface area (TPSA) is 46.5 Å². The monoisotopic (exact) mass is 316 g/mol. The molecule has 3 nitrogen and oxygen atoms in total. The lowest BCUT2D eigenvalue weighted by molar-refractivity contribution is -0.170. The van der Waals surface area contributed by atoms with E-state index in [1.807, 2.05) is 6.92 Å². The molecule has 0 heterocycles. The second kappa shape index (κ2) is 5.98. The molecule has 78 valence electrons. The van der Waals surface area contributed by atoms with Gasteiger partial charge in [-0.3, -0.25) is 4.79 Å². The Morgan fingerprint density at radius 2 is 2.23 bits per heavy atom. The fraction of sp³-hybridized carbons (Fsp3) is 0.875. The van der Waals surface area contributed by atoms with E-state index in [9.17, 15) is 9.90 Å². The molecule has 0 aliphatic rings. The van der Waals surface area contributed by atoms with E-state index < -0.39 is 16.6 Å². The molecule has 0 aromatic carbocycles. The lowest BCUT2D eigenvalue weighted by atomic mass is 10.2. The normalized spacial score (nSPS) is 17.6. The third-order valence-corrected chi connectivity index (χ3v) is 3.93. The highest BCUT2D eigenvalue weighted by Gasteiger charge is 2.31. The van der Waals surface area contributed by atoms with Crippen LogP contribution in [0.2, 0.25) is 0 Å². The average molecular weight is 318 g/mol. The molecule has 0 aromatic rings. The number of halogens is 2. The van der Waals surface area contributed by atoms with Crippen LogP contribution in [0, 0.1) is 0 Å². The number of carbonyl (C=O) groups excluding carboxylic acids is 1. The lowest BCUT2D eigenvalue weighted by Crippen LogP contribution is -2.35. The van der Waals surface area contributed by atoms with Gasteiger partial charge >= 0.3 is 5.97 Å². The van der Waals surface area contributed by atoms with Crippen LogP contribution in [-0.2, 0) is 9.53 Å². The third-order valence-electron chi connectivity index (χ3n) is 1.46. The molecule has 2 unspecified atom stereocenters. The van der Waals surface area contributed by atoms with Gasteiger partial charge in [0.05, 0.1) is 0 Å². The molecule has 0 radical (unpaired) electrons. The minimum atomic E-state index is -0.992. The van der Waals surface area contributed by atoms with Crippen molar-refractivity contribution in [3.63, 3.8) is 0 Å². The Morgan fingerprint density at radius 3 is 2.62 bits per heavy atom. The summed E-state index contributed by atoms with van der Waals surface area (Å²) in [6.45, 7) is 3.59. The van der Waals surface area contributed by atoms with Crippen molar-refractivity contribution in [1.82, 2.24) is 0 Å². The Kier molecular flexibility index (Phi) is 6.16. The largest absolute Gasteiger partial charge is 0.435 e. The molecule has 5 heteroatoms. The molecule has 0 saturated carbocycles. The zero-order valence-electron chi connectivity index (χ0n) is 7.72. The van der Waals surface area contributed by atoms with Crippen molar-refractivity contribution in [2.75, 3.05) is 5.33 Å². The van der Waals surface area contributed by atoms with E-state index in [0.29, 0.717) is 11.8 Å². The molecule has 2 atom stereocenters. The zero-order valence-corrected chi connectivity index (χ0v) is 10.9. The molecule has 0 fully saturated rings. The van der Waals surface area contributed by atoms with Gasteiger partial charge in [-0.1, -0.05) is 45.2 Å². The molecule has 0 aliphatic heterocycles. The van der Waals surface area contributed by atoms with Crippen LogP contribution < -0.4 is 0 Å². The van der Waals surface area contributed by atoms with Crippen LogP contribution >= 0.6 is 31.9 Å². The average Bonchev–Trinajstić information content (AvgIpc) is 2.04. The summed E-state index contributed by atoms with van der Waals surface area (Å²) in [5.74, 6) is -0.453. The summed E-state index contributed by atoms with van der Waals surface area (Å²) in [7, 11) is 0. The maximum atomic E-state index is 11.3. The summed E-state index contributed by atoms with van der Waals surface area (Å²) in [4.78, 5) is 11.3. The molecule has 0 amide bonds. The summed E-state index contributed by atoms with van der Waals surface area (Å²) in [6, 6.07) is 0. The van der Waals surface area contributed by atoms with Gasteiger partial charge in [0, 0.05) is 11.8 Å². The molecule has 0 rings (SSSR count). The SMILES string of the molecule is CCCC(O)OC(=O)C(C)(Br)CBr. The van der Waals surface area contributed by atoms with Crippen LogP contribution in [0.3, 0.4) is 0 Å². The zero-order chi connectivity index (χ0) is 10.5. The van der Waals surface area contributed by atoms with Crippen molar-refractivity contribution >= 4 is 37.8 Å². The molecule has 0 bridgehead atoms. The summed E-state index contributed by atoms with van der Waals surface area (Å²) in [5, 5.41) is 9.64. The Morgan fingerprint density at radius 1 is 1.69 bits per heavy atom. The first-order valence-electron chi connectivity index (χ1n) is 4.08. The number of ether oxygens (including phenoxy) is 1. The van der Waals surface area contributed by atoms with Gasteiger partial charge in [-0.25, -0.2) is 0 Å². The predicted octanol–water partition coefficient (Wildman–Crippen LogP) is 2.20. The minimum Gasteiger partial charge on any atom is -0.435 e. The fourth-order valence-corrected chi connectivity index (χ4v) is 0.929. The molecule has 0 saturated heterocycles. The first-order chi connectivity index (χ1) is 5.94. The van der Waals surface area contributed by atoms with Crippen molar-refractivity contribution in [3.05, 3.63) is 0 Å². The van der Waals surface area contributed by atoms with E-state index >= 15 is 0 Å². The van der Waals surface area contributed by atoms with Gasteiger partial charge in [0.2, 0.25) is 6.29 Å². The molecular weight excluding hydrogens is 304 g/mol. The first-order valence-corrected chi connectivity index (χ1v) is 5.99. The highest BCUT2D eigenvalue weighted by Crippen LogP contribution is 2.22. The number of hydrogen-bond donors (Lipinski definition) is 1. The van der Waals surface area contributed by atoms with Crippen LogP contribution in [-0.4, -0.2) is 27.0 Å². The highest BCUT2D eigenvalue weighted by molar-refractivity contribution is 9.12. The van der Waals surface area contributed by atoms with E-state index in [1.165, 1.54) is 0 Å². The number of carbonyl (C=O) groups is 1. The Labute approximate surface area is 95.1 Å². The van der Waals surface area contributed by atoms with Crippen LogP contribution in [0.4, 0.5) is 0 Å². The quantitative estimate of drug-likeness (QED) is 0.480. The number of aliphatic hydroxyl groups is 1. The highest BCUT2D eigenvalue weighted by atomic mass is 79.9. The van der Waals surface area contributed by atoms with E-state index in [-0.39, 0.29) is 0 Å². The Hall–Kier alpha value is 0.390. The van der Waals surface area contributed by atoms with Crippen LogP contribution in [0.1, 0.15) is 26.7 Å². The molecule has 0 aliphatic carbocycles. The number of esters is 1. The molecular formula is C8H14Br2O3. The number of aliphatic hydroxyl groups excluding tert-OH is 1. The van der Waals surface area contributed by atoms with Crippen molar-refractivity contribution in [2.24, 2.45) is 0 Å². The maximum absolute atomic E-state index is 11.3. The van der Waals surface area contributed by atoms with Gasteiger partial charge in [-0.15, -0.1) is 0 Å². The summed E-state index contributed by atoms with van der Waals surface area (Å²) < 4.78 is 4.02. The number of alkyl halides is 2. The Balaban J connectivity index is 3.99. The lowest BCUT2D eigenvalue weighted by Gasteiger charge is -2.20. The van der Waals surface area contributed by atoms with Gasteiger partial charge in [-0.2, -0.15) is 0 Å². The summed E-state index contributed by atoms with van der Waals surface area (Å²) >= 11 is 6.36. The van der Waals surface area contributed by atoms with Crippen LogP contribution in [0.25, 0.3) is 0 Å². The molecule has 1 N–H and O–H groups in total. The maximum Gasteiger partial charge on any atom is 0.325 e. The van der Waals surface area contributed by atoms with Crippen molar-refractivity contribution in [2.45, 2.75) is 37.3 Å². The summed E-state index contributed by atoms with van der Waals surface area (Å²) in [6.07, 6.45) is 0.257. The van der Waals surface area contributed by atoms with E-state index in [4.69, 9.17) is 4.74 Å². The first kappa shape index (κ1) is 13.4. The van der Waals surface area contributed by atoms with Gasteiger partial charge in [0.1, 0.15) is 4.32 Å². The van der Waals surface area contributed by atoms with Crippen LogP contribution in [0.15, 0.2) is 0 Å². The third kappa shape index (κ3) is 4.98. The number of rotatable bonds is 5. The molecule has 0 spiro atoms. The van der Waals surface area contributed by atoms with E-state index in [2.05, 4.69) is 31.9 Å². The fourth-order valence-electron chi connectivity index (χ4n) is 0.607. The van der Waals surface area contributed by atoms with Gasteiger partial charge in [0.25, 0.3) is 0 Å². The van der Waals surface area contributed by atoms with E-state index in [0.717, 1.165) is 6.42 Å². The Bertz CT molecular complexity index is 171. The van der Waals surface area contributed by atoms with Crippen LogP contribution in [0.5, 0.6) is 0 Å². The van der Waals surface area contributed by atoms with Gasteiger partial charge in [0.15, 0.2) is 0 Å². The smallest absolute Gasteiger partial charge is 0.325 e. The van der Waals surface area contributed by atoms with Gasteiger partial charge < -0.3 is 9.84 Å². The van der Waals surface area contributed by atoms with E-state index in [1.54, 1.807) is 6.92 Å². The van der Waals surface area contributed by atoms with Gasteiger partial charge in [-0.05, 0) is 6.92 Å². The molecule has 13 heavy (non-hydrogen) atoms. The summed E-state index contributed by atoms with van der Waals surface area (Å²) in [5.41, 5.74) is 0. The van der Waals surface area contributed by atoms with Crippen molar-refractivity contribution in [3.8, 4) is 0 Å².